The number of aryl methyl sites for hydroxylation is 1. The van der Waals surface area contributed by atoms with E-state index < -0.39 is 0 Å². The molecule has 36 heavy (non-hydrogen) atoms. The van der Waals surface area contributed by atoms with Gasteiger partial charge in [0, 0.05) is 5.57 Å². The number of nitrogens with two attached hydrogens (primary N) is 1. The van der Waals surface area contributed by atoms with Gasteiger partial charge in [0.05, 0.1) is 6.04 Å². The number of nitrogens with zero attached hydrogens (tertiary/aromatic N) is 1. The van der Waals surface area contributed by atoms with Crippen LogP contribution in [0.15, 0.2) is 132 Å². The van der Waals surface area contributed by atoms with Crippen LogP contribution >= 0.6 is 0 Å². The van der Waals surface area contributed by atoms with E-state index in [1.54, 1.807) is 0 Å². The van der Waals surface area contributed by atoms with E-state index in [0.29, 0.717) is 5.84 Å². The molecule has 4 aromatic carbocycles. The third-order valence-corrected chi connectivity index (χ3v) is 6.73. The molecule has 2 nitrogen and oxygen atoms in total. The normalized spacial score (nSPS) is 14.6. The predicted molar refractivity (Wildman–Crippen MR) is 153 cm³/mol. The Morgan fingerprint density at radius 1 is 0.778 bits per heavy atom. The molecular weight excluding hydrogens is 436 g/mol. The first-order valence-corrected chi connectivity index (χ1v) is 12.7. The van der Waals surface area contributed by atoms with Crippen LogP contribution in [-0.4, -0.2) is 5.84 Å². The summed E-state index contributed by atoms with van der Waals surface area (Å²) >= 11 is 0. The molecule has 0 bridgehead atoms. The summed E-state index contributed by atoms with van der Waals surface area (Å²) in [6.45, 7) is 2.13. The van der Waals surface area contributed by atoms with Gasteiger partial charge in [-0.25, -0.2) is 0 Å². The van der Waals surface area contributed by atoms with E-state index in [2.05, 4.69) is 122 Å². The minimum absolute atomic E-state index is 0.0599. The molecule has 1 unspecified atom stereocenters. The Balaban J connectivity index is 1.45. The molecule has 0 spiro atoms. The fourth-order valence-electron chi connectivity index (χ4n) is 4.84. The molecule has 1 aliphatic rings. The largest absolute Gasteiger partial charge is 0.383 e. The lowest BCUT2D eigenvalue weighted by Gasteiger charge is -2.18. The number of rotatable bonds is 7. The smallest absolute Gasteiger partial charge is 0.125 e. The van der Waals surface area contributed by atoms with Crippen LogP contribution in [0.1, 0.15) is 41.1 Å². The van der Waals surface area contributed by atoms with Gasteiger partial charge >= 0.3 is 0 Å². The van der Waals surface area contributed by atoms with Crippen LogP contribution in [0, 0.1) is 6.92 Å². The van der Waals surface area contributed by atoms with Crippen molar-refractivity contribution in [2.24, 2.45) is 10.7 Å². The summed E-state index contributed by atoms with van der Waals surface area (Å²) in [6, 6.07) is 38.4. The number of hydrogen-bond donors (Lipinski definition) is 1. The van der Waals surface area contributed by atoms with Gasteiger partial charge in [0.25, 0.3) is 0 Å². The Morgan fingerprint density at radius 2 is 1.44 bits per heavy atom. The van der Waals surface area contributed by atoms with Crippen molar-refractivity contribution in [1.29, 1.82) is 0 Å². The van der Waals surface area contributed by atoms with Gasteiger partial charge in [-0.15, -0.1) is 0 Å². The molecule has 178 valence electrons. The summed E-state index contributed by atoms with van der Waals surface area (Å²) < 4.78 is 0. The summed E-state index contributed by atoms with van der Waals surface area (Å²) in [5.41, 5.74) is 16.4. The lowest BCUT2D eigenvalue weighted by atomic mass is 9.93. The molecule has 5 rings (SSSR count). The van der Waals surface area contributed by atoms with Crippen molar-refractivity contribution in [3.05, 3.63) is 149 Å². The summed E-state index contributed by atoms with van der Waals surface area (Å²) in [5, 5.41) is 0. The van der Waals surface area contributed by atoms with Crippen LogP contribution in [0.3, 0.4) is 0 Å². The van der Waals surface area contributed by atoms with E-state index in [9.17, 15) is 0 Å². The first-order chi connectivity index (χ1) is 17.7. The van der Waals surface area contributed by atoms with E-state index >= 15 is 0 Å². The molecule has 0 fully saturated rings. The highest BCUT2D eigenvalue weighted by atomic mass is 14.9. The SMILES string of the molecule is Cc1cccc(-c2cccc(CC(N=C(N)C3=CCCC(c4ccccc4)=C3)c3ccccc3)c2)c1. The molecule has 2 N–H and O–H groups in total. The minimum atomic E-state index is -0.0599. The van der Waals surface area contributed by atoms with Crippen LogP contribution in [-0.2, 0) is 6.42 Å². The van der Waals surface area contributed by atoms with Crippen molar-refractivity contribution in [2.45, 2.75) is 32.2 Å². The van der Waals surface area contributed by atoms with Crippen LogP contribution < -0.4 is 5.73 Å². The minimum Gasteiger partial charge on any atom is -0.383 e. The molecule has 4 aromatic rings. The summed E-state index contributed by atoms with van der Waals surface area (Å²) in [7, 11) is 0. The van der Waals surface area contributed by atoms with Crippen molar-refractivity contribution in [3.63, 3.8) is 0 Å². The van der Waals surface area contributed by atoms with Gasteiger partial charge in [0.2, 0.25) is 0 Å². The van der Waals surface area contributed by atoms with Crippen LogP contribution in [0.5, 0.6) is 0 Å². The molecule has 0 saturated carbocycles. The number of aliphatic imine (C=N–C) groups is 1. The third kappa shape index (κ3) is 5.72. The number of allylic oxidation sites excluding steroid dienone is 2. The molecule has 0 heterocycles. The maximum absolute atomic E-state index is 6.66. The number of benzene rings is 4. The Labute approximate surface area is 214 Å². The van der Waals surface area contributed by atoms with Crippen molar-refractivity contribution >= 4 is 11.4 Å². The standard InChI is InChI=1S/C34H32N2/c1-25-11-8-17-29(21-25)30-18-9-12-26(22-30)23-33(28-15-6-3-7-16-28)36-34(35)32-20-10-19-31(24-32)27-13-4-2-5-14-27/h2-9,11-18,20-22,24,33H,10,19,23H2,1H3,(H2,35,36). The molecule has 0 aliphatic heterocycles. The second-order valence-corrected chi connectivity index (χ2v) is 9.45. The summed E-state index contributed by atoms with van der Waals surface area (Å²) in [4.78, 5) is 5.09. The summed E-state index contributed by atoms with van der Waals surface area (Å²) in [5.74, 6) is 0.604. The van der Waals surface area contributed by atoms with Crippen molar-refractivity contribution < 1.29 is 0 Å². The maximum Gasteiger partial charge on any atom is 0.125 e. The van der Waals surface area contributed by atoms with Gasteiger partial charge in [0.15, 0.2) is 0 Å². The van der Waals surface area contributed by atoms with Crippen LogP contribution in [0.4, 0.5) is 0 Å². The zero-order valence-electron chi connectivity index (χ0n) is 20.8. The monoisotopic (exact) mass is 468 g/mol. The maximum atomic E-state index is 6.66. The van der Waals surface area contributed by atoms with Gasteiger partial charge in [-0.1, -0.05) is 121 Å². The second kappa shape index (κ2) is 11.0. The van der Waals surface area contributed by atoms with Gasteiger partial charge in [-0.2, -0.15) is 0 Å². The summed E-state index contributed by atoms with van der Waals surface area (Å²) in [6.07, 6.45) is 7.20. The Bertz CT molecular complexity index is 1410. The van der Waals surface area contributed by atoms with E-state index in [1.807, 2.05) is 6.07 Å². The molecule has 0 amide bonds. The number of amidine groups is 1. The predicted octanol–water partition coefficient (Wildman–Crippen LogP) is 8.11. The number of hydrogen-bond acceptors (Lipinski definition) is 1. The third-order valence-electron chi connectivity index (χ3n) is 6.73. The molecule has 1 aliphatic carbocycles. The zero-order chi connectivity index (χ0) is 24.7. The quantitative estimate of drug-likeness (QED) is 0.216. The second-order valence-electron chi connectivity index (χ2n) is 9.45. The molecule has 0 radical (unpaired) electrons. The fourth-order valence-corrected chi connectivity index (χ4v) is 4.84. The van der Waals surface area contributed by atoms with Crippen LogP contribution in [0.25, 0.3) is 16.7 Å². The molecule has 2 heteroatoms. The lowest BCUT2D eigenvalue weighted by Crippen LogP contribution is -2.18. The average Bonchev–Trinajstić information content (AvgIpc) is 2.94. The van der Waals surface area contributed by atoms with Crippen molar-refractivity contribution in [3.8, 4) is 11.1 Å². The molecule has 0 saturated heterocycles. The molecular formula is C34H32N2. The highest BCUT2D eigenvalue weighted by Crippen LogP contribution is 2.29. The lowest BCUT2D eigenvalue weighted by molar-refractivity contribution is 0.723. The first kappa shape index (κ1) is 23.6. The van der Waals surface area contributed by atoms with Crippen molar-refractivity contribution in [1.82, 2.24) is 0 Å². The van der Waals surface area contributed by atoms with Crippen molar-refractivity contribution in [2.75, 3.05) is 0 Å². The van der Waals surface area contributed by atoms with Gasteiger partial charge < -0.3 is 5.73 Å². The van der Waals surface area contributed by atoms with Gasteiger partial charge in [-0.3, -0.25) is 4.99 Å². The Kier molecular flexibility index (Phi) is 7.23. The average molecular weight is 469 g/mol. The fraction of sp³-hybridized carbons (Fsp3) is 0.147. The molecule has 1 atom stereocenters. The Hall–Kier alpha value is -4.17. The first-order valence-electron chi connectivity index (χ1n) is 12.7. The van der Waals surface area contributed by atoms with Crippen LogP contribution in [0.2, 0.25) is 0 Å². The van der Waals surface area contributed by atoms with Gasteiger partial charge in [-0.05, 0) is 65.7 Å². The topological polar surface area (TPSA) is 38.4 Å². The highest BCUT2D eigenvalue weighted by molar-refractivity contribution is 6.02. The van der Waals surface area contributed by atoms with E-state index in [-0.39, 0.29) is 6.04 Å². The highest BCUT2D eigenvalue weighted by Gasteiger charge is 2.15. The van der Waals surface area contributed by atoms with E-state index in [0.717, 1.165) is 24.8 Å². The zero-order valence-corrected chi connectivity index (χ0v) is 20.8. The van der Waals surface area contributed by atoms with Gasteiger partial charge in [0.1, 0.15) is 5.84 Å². The van der Waals surface area contributed by atoms with E-state index in [4.69, 9.17) is 10.7 Å². The van der Waals surface area contributed by atoms with E-state index in [1.165, 1.54) is 39.0 Å². The molecule has 0 aromatic heterocycles. The Morgan fingerprint density at radius 3 is 2.19 bits per heavy atom.